The van der Waals surface area contributed by atoms with E-state index in [9.17, 15) is 4.79 Å². The highest BCUT2D eigenvalue weighted by molar-refractivity contribution is 6.00. The summed E-state index contributed by atoms with van der Waals surface area (Å²) in [7, 11) is 1.75. The van der Waals surface area contributed by atoms with Gasteiger partial charge in [0, 0.05) is 13.2 Å². The molecule has 0 spiro atoms. The summed E-state index contributed by atoms with van der Waals surface area (Å²) in [6.45, 7) is 0. The second kappa shape index (κ2) is 5.29. The molecule has 1 aromatic rings. The summed E-state index contributed by atoms with van der Waals surface area (Å²) in [6, 6.07) is 0. The zero-order chi connectivity index (χ0) is 13.9. The third-order valence-corrected chi connectivity index (χ3v) is 3.63. The van der Waals surface area contributed by atoms with Gasteiger partial charge in [-0.3, -0.25) is 9.48 Å². The van der Waals surface area contributed by atoms with Gasteiger partial charge in [-0.2, -0.15) is 5.10 Å². The van der Waals surface area contributed by atoms with E-state index in [4.69, 9.17) is 10.9 Å². The normalized spacial score (nSPS) is 19.1. The smallest absolute Gasteiger partial charge is 0.255 e. The van der Waals surface area contributed by atoms with E-state index in [0.717, 1.165) is 19.3 Å². The molecule has 4 N–H and O–H groups in total. The second-order valence-electron chi connectivity index (χ2n) is 4.98. The molecule has 1 aliphatic rings. The number of rotatable bonds is 3. The van der Waals surface area contributed by atoms with Crippen LogP contribution in [0, 0.1) is 0 Å². The third-order valence-electron chi connectivity index (χ3n) is 3.63. The van der Waals surface area contributed by atoms with Crippen LogP contribution in [0.25, 0.3) is 0 Å². The van der Waals surface area contributed by atoms with Gasteiger partial charge in [-0.25, -0.2) is 0 Å². The fourth-order valence-electron chi connectivity index (χ4n) is 2.52. The van der Waals surface area contributed by atoms with Gasteiger partial charge in [-0.1, -0.05) is 24.4 Å². The van der Waals surface area contributed by atoms with E-state index in [0.29, 0.717) is 18.4 Å². The second-order valence-corrected chi connectivity index (χ2v) is 4.98. The van der Waals surface area contributed by atoms with E-state index in [1.807, 2.05) is 0 Å². The van der Waals surface area contributed by atoms with E-state index in [-0.39, 0.29) is 11.7 Å². The molecule has 19 heavy (non-hydrogen) atoms. The molecule has 2 rings (SSSR count). The minimum Gasteiger partial charge on any atom is -0.409 e. The number of aromatic nitrogens is 2. The van der Waals surface area contributed by atoms with E-state index >= 15 is 0 Å². The molecule has 7 nitrogen and oxygen atoms in total. The lowest BCUT2D eigenvalue weighted by atomic mass is 9.80. The molecule has 0 atom stereocenters. The number of oxime groups is 1. The maximum atomic E-state index is 12.2. The number of nitrogens with two attached hydrogens (primary N) is 1. The van der Waals surface area contributed by atoms with E-state index in [1.54, 1.807) is 17.9 Å². The van der Waals surface area contributed by atoms with Gasteiger partial charge >= 0.3 is 0 Å². The Morgan fingerprint density at radius 2 is 2.21 bits per heavy atom. The van der Waals surface area contributed by atoms with Gasteiger partial charge in [0.05, 0.1) is 11.8 Å². The van der Waals surface area contributed by atoms with Crippen LogP contribution in [0.3, 0.4) is 0 Å². The molecule has 1 aliphatic carbocycles. The first kappa shape index (κ1) is 13.4. The van der Waals surface area contributed by atoms with Crippen molar-refractivity contribution in [1.29, 1.82) is 0 Å². The Bertz CT molecular complexity index is 488. The average Bonchev–Trinajstić information content (AvgIpc) is 2.85. The summed E-state index contributed by atoms with van der Waals surface area (Å²) >= 11 is 0. The lowest BCUT2D eigenvalue weighted by molar-refractivity contribution is 0.0905. The molecule has 0 radical (unpaired) electrons. The van der Waals surface area contributed by atoms with Gasteiger partial charge in [0.1, 0.15) is 5.54 Å². The first-order valence-corrected chi connectivity index (χ1v) is 6.36. The monoisotopic (exact) mass is 265 g/mol. The number of nitrogens with one attached hydrogen (secondary N) is 1. The Morgan fingerprint density at radius 1 is 1.53 bits per heavy atom. The molecule has 7 heteroatoms. The molecule has 104 valence electrons. The number of amides is 1. The molecule has 0 aliphatic heterocycles. The topological polar surface area (TPSA) is 106 Å². The highest BCUT2D eigenvalue weighted by Gasteiger charge is 2.38. The van der Waals surface area contributed by atoms with Crippen LogP contribution >= 0.6 is 0 Å². The molecule has 1 amide bonds. The van der Waals surface area contributed by atoms with Crippen LogP contribution in [0.4, 0.5) is 0 Å². The fourth-order valence-corrected chi connectivity index (χ4v) is 2.52. The molecular weight excluding hydrogens is 246 g/mol. The number of carbonyl (C=O) groups excluding carboxylic acids is 1. The lowest BCUT2D eigenvalue weighted by Gasteiger charge is -2.36. The first-order chi connectivity index (χ1) is 9.07. The van der Waals surface area contributed by atoms with Crippen LogP contribution in [0.2, 0.25) is 0 Å². The number of aryl methyl sites for hydroxylation is 1. The Balaban J connectivity index is 2.19. The molecule has 1 aromatic heterocycles. The standard InChI is InChI=1S/C12H19N5O2/c1-17-8-9(7-14-17)10(18)15-12(11(13)16-19)5-3-2-4-6-12/h7-8,19H,2-6H2,1H3,(H2,13,16)(H,15,18). The van der Waals surface area contributed by atoms with Gasteiger partial charge in [-0.05, 0) is 12.8 Å². The largest absolute Gasteiger partial charge is 0.409 e. The summed E-state index contributed by atoms with van der Waals surface area (Å²) in [5.74, 6) is -0.175. The van der Waals surface area contributed by atoms with Gasteiger partial charge in [-0.15, -0.1) is 0 Å². The zero-order valence-electron chi connectivity index (χ0n) is 11.0. The Kier molecular flexibility index (Phi) is 3.73. The first-order valence-electron chi connectivity index (χ1n) is 6.36. The quantitative estimate of drug-likeness (QED) is 0.322. The Hall–Kier alpha value is -2.05. The van der Waals surface area contributed by atoms with Crippen molar-refractivity contribution in [2.75, 3.05) is 0 Å². The van der Waals surface area contributed by atoms with E-state index in [2.05, 4.69) is 15.6 Å². The van der Waals surface area contributed by atoms with Crippen LogP contribution in [-0.4, -0.2) is 32.3 Å². The molecule has 0 bridgehead atoms. The lowest BCUT2D eigenvalue weighted by Crippen LogP contribution is -2.58. The zero-order valence-corrected chi connectivity index (χ0v) is 11.0. The maximum Gasteiger partial charge on any atom is 0.255 e. The molecule has 0 saturated heterocycles. The molecule has 0 unspecified atom stereocenters. The van der Waals surface area contributed by atoms with Crippen molar-refractivity contribution in [1.82, 2.24) is 15.1 Å². The number of nitrogens with zero attached hydrogens (tertiary/aromatic N) is 3. The Labute approximate surface area is 111 Å². The highest BCUT2D eigenvalue weighted by atomic mass is 16.4. The number of hydrogen-bond acceptors (Lipinski definition) is 4. The molecule has 0 aromatic carbocycles. The van der Waals surface area contributed by atoms with Crippen molar-refractivity contribution in [3.63, 3.8) is 0 Å². The molecule has 1 heterocycles. The van der Waals surface area contributed by atoms with Gasteiger partial charge < -0.3 is 16.3 Å². The summed E-state index contributed by atoms with van der Waals surface area (Å²) in [5, 5.41) is 18.9. The highest BCUT2D eigenvalue weighted by Crippen LogP contribution is 2.28. The summed E-state index contributed by atoms with van der Waals surface area (Å²) in [4.78, 5) is 12.2. The summed E-state index contributed by atoms with van der Waals surface area (Å²) < 4.78 is 1.56. The van der Waals surface area contributed by atoms with Crippen LogP contribution in [0.1, 0.15) is 42.5 Å². The SMILES string of the molecule is Cn1cc(C(=O)NC2(/C(N)=N/O)CCCCC2)cn1. The molecule has 1 saturated carbocycles. The van der Waals surface area contributed by atoms with Crippen molar-refractivity contribution in [3.8, 4) is 0 Å². The minimum absolute atomic E-state index is 0.0736. The van der Waals surface area contributed by atoms with Crippen molar-refractivity contribution in [2.24, 2.45) is 17.9 Å². The Morgan fingerprint density at radius 3 is 2.74 bits per heavy atom. The number of carbonyl (C=O) groups is 1. The van der Waals surface area contributed by atoms with Gasteiger partial charge in [0.2, 0.25) is 0 Å². The van der Waals surface area contributed by atoms with Crippen LogP contribution in [0.15, 0.2) is 17.5 Å². The van der Waals surface area contributed by atoms with Crippen LogP contribution in [0.5, 0.6) is 0 Å². The van der Waals surface area contributed by atoms with Crippen molar-refractivity contribution >= 4 is 11.7 Å². The van der Waals surface area contributed by atoms with Crippen LogP contribution in [-0.2, 0) is 7.05 Å². The van der Waals surface area contributed by atoms with E-state index < -0.39 is 5.54 Å². The number of amidine groups is 1. The van der Waals surface area contributed by atoms with Gasteiger partial charge in [0.15, 0.2) is 5.84 Å². The average molecular weight is 265 g/mol. The minimum atomic E-state index is -0.736. The maximum absolute atomic E-state index is 12.2. The van der Waals surface area contributed by atoms with Crippen molar-refractivity contribution in [2.45, 2.75) is 37.6 Å². The van der Waals surface area contributed by atoms with Crippen molar-refractivity contribution in [3.05, 3.63) is 18.0 Å². The predicted molar refractivity (Wildman–Crippen MR) is 69.9 cm³/mol. The van der Waals surface area contributed by atoms with E-state index in [1.165, 1.54) is 6.20 Å². The number of hydrogen-bond donors (Lipinski definition) is 3. The summed E-state index contributed by atoms with van der Waals surface area (Å²) in [5.41, 5.74) is 5.51. The van der Waals surface area contributed by atoms with Gasteiger partial charge in [0.25, 0.3) is 5.91 Å². The van der Waals surface area contributed by atoms with Crippen molar-refractivity contribution < 1.29 is 10.0 Å². The fraction of sp³-hybridized carbons (Fsp3) is 0.583. The molecular formula is C12H19N5O2. The van der Waals surface area contributed by atoms with Crippen LogP contribution < -0.4 is 11.1 Å². The predicted octanol–water partition coefficient (Wildman–Crippen LogP) is 0.599. The molecule has 1 fully saturated rings. The third kappa shape index (κ3) is 2.69. The summed E-state index contributed by atoms with van der Waals surface area (Å²) in [6.07, 6.45) is 7.51.